The van der Waals surface area contributed by atoms with E-state index in [0.29, 0.717) is 6.54 Å². The second-order valence-electron chi connectivity index (χ2n) is 6.82. The number of rotatable bonds is 4. The quantitative estimate of drug-likeness (QED) is 0.862. The molecule has 6 heteroatoms. The third-order valence-corrected chi connectivity index (χ3v) is 4.90. The molecule has 0 saturated carbocycles. The lowest BCUT2D eigenvalue weighted by molar-refractivity contribution is 0.191. The number of unbranched alkanes of at least 4 members (excludes halogenated alkanes) is 1. The first-order valence-electron chi connectivity index (χ1n) is 9.33. The topological polar surface area (TPSA) is 61.4 Å². The lowest BCUT2D eigenvalue weighted by Gasteiger charge is -2.34. The van der Waals surface area contributed by atoms with Crippen LogP contribution < -0.4 is 10.2 Å². The Bertz CT molecular complexity index is 583. The van der Waals surface area contributed by atoms with E-state index in [0.717, 1.165) is 68.3 Å². The lowest BCUT2D eigenvalue weighted by atomic mass is 10.0. The monoisotopic (exact) mass is 331 g/mol. The van der Waals surface area contributed by atoms with Gasteiger partial charge >= 0.3 is 6.03 Å². The zero-order valence-corrected chi connectivity index (χ0v) is 15.0. The summed E-state index contributed by atoms with van der Waals surface area (Å²) >= 11 is 0. The van der Waals surface area contributed by atoms with E-state index in [-0.39, 0.29) is 6.03 Å². The Morgan fingerprint density at radius 3 is 2.71 bits per heavy atom. The molecule has 6 nitrogen and oxygen atoms in total. The van der Waals surface area contributed by atoms with Crippen molar-refractivity contribution in [3.8, 4) is 0 Å². The molecule has 1 N–H and O–H groups in total. The number of carbonyl (C=O) groups excluding carboxylic acids is 1. The second-order valence-corrected chi connectivity index (χ2v) is 6.82. The zero-order valence-electron chi connectivity index (χ0n) is 15.0. The fourth-order valence-corrected chi connectivity index (χ4v) is 3.54. The highest BCUT2D eigenvalue weighted by Gasteiger charge is 2.27. The number of hydrogen-bond acceptors (Lipinski definition) is 4. The fraction of sp³-hybridized carbons (Fsp3) is 0.722. The van der Waals surface area contributed by atoms with Gasteiger partial charge < -0.3 is 15.1 Å². The number of nitrogens with zero attached hydrogens (tertiary/aromatic N) is 4. The number of hydrogen-bond donors (Lipinski definition) is 1. The average Bonchev–Trinajstić information content (AvgIpc) is 2.61. The summed E-state index contributed by atoms with van der Waals surface area (Å²) in [5.74, 6) is 1.90. The zero-order chi connectivity index (χ0) is 16.9. The molecule has 0 atom stereocenters. The van der Waals surface area contributed by atoms with Crippen molar-refractivity contribution in [2.45, 2.75) is 58.9 Å². The highest BCUT2D eigenvalue weighted by Crippen LogP contribution is 2.28. The van der Waals surface area contributed by atoms with Crippen molar-refractivity contribution in [3.63, 3.8) is 0 Å². The van der Waals surface area contributed by atoms with Crippen molar-refractivity contribution in [1.29, 1.82) is 0 Å². The molecule has 3 rings (SSSR count). The maximum Gasteiger partial charge on any atom is 0.317 e. The molecule has 2 aliphatic heterocycles. The van der Waals surface area contributed by atoms with Crippen LogP contribution in [0.3, 0.4) is 0 Å². The molecule has 1 fully saturated rings. The summed E-state index contributed by atoms with van der Waals surface area (Å²) in [7, 11) is 0. The molecule has 3 heterocycles. The standard InChI is InChI=1S/C18H29N5O/c1-3-4-9-19-18(24)23-12-8-16-15(13-23)17(21-14(2)20-16)22-10-6-5-7-11-22/h3-13H2,1-2H3,(H,19,24). The number of amides is 2. The maximum atomic E-state index is 12.4. The summed E-state index contributed by atoms with van der Waals surface area (Å²) in [6.45, 7) is 8.34. The molecule has 1 aromatic rings. The summed E-state index contributed by atoms with van der Waals surface area (Å²) in [4.78, 5) is 26.1. The summed E-state index contributed by atoms with van der Waals surface area (Å²) in [5.41, 5.74) is 2.28. The van der Waals surface area contributed by atoms with Gasteiger partial charge in [0.15, 0.2) is 0 Å². The van der Waals surface area contributed by atoms with Gasteiger partial charge in [0.2, 0.25) is 0 Å². The van der Waals surface area contributed by atoms with Crippen LogP contribution in [0.25, 0.3) is 0 Å². The highest BCUT2D eigenvalue weighted by molar-refractivity contribution is 5.74. The fourth-order valence-electron chi connectivity index (χ4n) is 3.54. The Kier molecular flexibility index (Phi) is 5.53. The van der Waals surface area contributed by atoms with E-state index in [1.165, 1.54) is 19.3 Å². The van der Waals surface area contributed by atoms with E-state index in [2.05, 4.69) is 22.1 Å². The Labute approximate surface area is 144 Å². The summed E-state index contributed by atoms with van der Waals surface area (Å²) < 4.78 is 0. The molecule has 1 saturated heterocycles. The Hall–Kier alpha value is -1.85. The number of fused-ring (bicyclic) bond motifs is 1. The highest BCUT2D eigenvalue weighted by atomic mass is 16.2. The predicted molar refractivity (Wildman–Crippen MR) is 95.3 cm³/mol. The molecule has 0 aromatic carbocycles. The largest absolute Gasteiger partial charge is 0.356 e. The van der Waals surface area contributed by atoms with E-state index in [9.17, 15) is 4.79 Å². The van der Waals surface area contributed by atoms with Gasteiger partial charge in [-0.2, -0.15) is 0 Å². The summed E-state index contributed by atoms with van der Waals surface area (Å²) in [5, 5.41) is 3.03. The molecule has 0 radical (unpaired) electrons. The summed E-state index contributed by atoms with van der Waals surface area (Å²) in [6, 6.07) is 0.0410. The van der Waals surface area contributed by atoms with Gasteiger partial charge in [0.25, 0.3) is 0 Å². The number of piperidine rings is 1. The number of urea groups is 1. The number of aryl methyl sites for hydroxylation is 1. The minimum absolute atomic E-state index is 0.0410. The first-order valence-corrected chi connectivity index (χ1v) is 9.33. The van der Waals surface area contributed by atoms with Crippen molar-refractivity contribution >= 4 is 11.8 Å². The van der Waals surface area contributed by atoms with E-state index in [1.807, 2.05) is 11.8 Å². The minimum Gasteiger partial charge on any atom is -0.356 e. The number of nitrogens with one attached hydrogen (secondary N) is 1. The van der Waals surface area contributed by atoms with E-state index >= 15 is 0 Å². The van der Waals surface area contributed by atoms with Crippen LogP contribution in [0.15, 0.2) is 0 Å². The van der Waals surface area contributed by atoms with E-state index in [1.54, 1.807) is 0 Å². The molecule has 0 spiro atoms. The van der Waals surface area contributed by atoms with Crippen molar-refractivity contribution in [2.75, 3.05) is 31.1 Å². The van der Waals surface area contributed by atoms with E-state index in [4.69, 9.17) is 4.98 Å². The van der Waals surface area contributed by atoms with Gasteiger partial charge in [0.1, 0.15) is 11.6 Å². The first kappa shape index (κ1) is 17.0. The van der Waals surface area contributed by atoms with Crippen molar-refractivity contribution in [1.82, 2.24) is 20.2 Å². The lowest BCUT2D eigenvalue weighted by Crippen LogP contribution is -2.44. The van der Waals surface area contributed by atoms with Crippen molar-refractivity contribution in [3.05, 3.63) is 17.1 Å². The van der Waals surface area contributed by atoms with Gasteiger partial charge in [-0.1, -0.05) is 13.3 Å². The van der Waals surface area contributed by atoms with Crippen LogP contribution in [-0.4, -0.2) is 47.1 Å². The molecule has 24 heavy (non-hydrogen) atoms. The van der Waals surface area contributed by atoms with Crippen LogP contribution in [0.5, 0.6) is 0 Å². The van der Waals surface area contributed by atoms with Gasteiger partial charge in [-0.05, 0) is 32.6 Å². The van der Waals surface area contributed by atoms with Gasteiger partial charge in [-0.15, -0.1) is 0 Å². The van der Waals surface area contributed by atoms with Gasteiger partial charge in [0, 0.05) is 38.2 Å². The summed E-state index contributed by atoms with van der Waals surface area (Å²) in [6.07, 6.45) is 6.68. The van der Waals surface area contributed by atoms with Gasteiger partial charge in [0.05, 0.1) is 12.2 Å². The molecule has 0 bridgehead atoms. The van der Waals surface area contributed by atoms with Crippen LogP contribution in [-0.2, 0) is 13.0 Å². The molecule has 2 aliphatic rings. The van der Waals surface area contributed by atoms with Crippen molar-refractivity contribution < 1.29 is 4.79 Å². The third-order valence-electron chi connectivity index (χ3n) is 4.90. The SMILES string of the molecule is CCCCNC(=O)N1CCc2nc(C)nc(N3CCCCC3)c2C1. The Balaban J connectivity index is 1.77. The second kappa shape index (κ2) is 7.81. The van der Waals surface area contributed by atoms with E-state index < -0.39 is 0 Å². The molecule has 1 aromatic heterocycles. The first-order chi connectivity index (χ1) is 11.7. The molecular weight excluding hydrogens is 302 g/mol. The predicted octanol–water partition coefficient (Wildman–Crippen LogP) is 2.64. The van der Waals surface area contributed by atoms with Crippen LogP contribution in [0.2, 0.25) is 0 Å². The molecule has 0 aliphatic carbocycles. The van der Waals surface area contributed by atoms with Crippen LogP contribution in [0, 0.1) is 6.92 Å². The molecular formula is C18H29N5O. The minimum atomic E-state index is 0.0410. The Morgan fingerprint density at radius 1 is 1.17 bits per heavy atom. The molecule has 132 valence electrons. The number of aromatic nitrogens is 2. The van der Waals surface area contributed by atoms with Gasteiger partial charge in [-0.25, -0.2) is 14.8 Å². The molecule has 2 amide bonds. The van der Waals surface area contributed by atoms with Crippen LogP contribution in [0.1, 0.15) is 56.1 Å². The number of carbonyl (C=O) groups is 1. The molecule has 0 unspecified atom stereocenters. The average molecular weight is 331 g/mol. The number of anilines is 1. The maximum absolute atomic E-state index is 12.4. The Morgan fingerprint density at radius 2 is 1.96 bits per heavy atom. The smallest absolute Gasteiger partial charge is 0.317 e. The van der Waals surface area contributed by atoms with Crippen molar-refractivity contribution in [2.24, 2.45) is 0 Å². The van der Waals surface area contributed by atoms with Crippen LogP contribution in [0.4, 0.5) is 10.6 Å². The van der Waals surface area contributed by atoms with Crippen LogP contribution >= 0.6 is 0 Å². The normalized spacial score (nSPS) is 17.6. The third kappa shape index (κ3) is 3.79. The van der Waals surface area contributed by atoms with Gasteiger partial charge in [-0.3, -0.25) is 0 Å².